The lowest BCUT2D eigenvalue weighted by molar-refractivity contribution is 0.0730. The number of ether oxygens (including phenoxy) is 1. The summed E-state index contributed by atoms with van der Waals surface area (Å²) < 4.78 is 32.4. The van der Waals surface area contributed by atoms with Gasteiger partial charge in [-0.1, -0.05) is 30.3 Å². The summed E-state index contributed by atoms with van der Waals surface area (Å²) in [5.41, 5.74) is 1.70. The van der Waals surface area contributed by atoms with E-state index in [0.717, 1.165) is 5.56 Å². The van der Waals surface area contributed by atoms with Crippen molar-refractivity contribution in [3.63, 3.8) is 0 Å². The Hall–Kier alpha value is -2.22. The number of nitrogens with zero attached hydrogens (tertiary/aromatic N) is 1. The number of hydrogen-bond donors (Lipinski definition) is 1. The normalized spacial score (nSPS) is 15.7. The number of carbonyl (C=O) groups is 1. The van der Waals surface area contributed by atoms with E-state index >= 15 is 0 Å². The van der Waals surface area contributed by atoms with Gasteiger partial charge < -0.3 is 10.1 Å². The van der Waals surface area contributed by atoms with E-state index in [2.05, 4.69) is 5.32 Å². The smallest absolute Gasteiger partial charge is 0.257 e. The Morgan fingerprint density at radius 2 is 1.68 bits per heavy atom. The predicted octanol–water partition coefficient (Wildman–Crippen LogP) is 2.27. The number of hydrogen-bond acceptors (Lipinski definition) is 4. The number of morpholine rings is 1. The van der Waals surface area contributed by atoms with Crippen molar-refractivity contribution >= 4 is 21.6 Å². The molecule has 1 aliphatic rings. The average molecular weight is 360 g/mol. The first-order chi connectivity index (χ1) is 12.0. The first-order valence-corrected chi connectivity index (χ1v) is 9.48. The quantitative estimate of drug-likeness (QED) is 0.907. The van der Waals surface area contributed by atoms with Gasteiger partial charge in [-0.2, -0.15) is 4.31 Å². The van der Waals surface area contributed by atoms with Crippen molar-refractivity contribution in [1.29, 1.82) is 0 Å². The van der Waals surface area contributed by atoms with Crippen molar-refractivity contribution in [1.82, 2.24) is 4.31 Å². The fourth-order valence-electron chi connectivity index (χ4n) is 2.71. The number of anilines is 1. The van der Waals surface area contributed by atoms with E-state index in [0.29, 0.717) is 18.9 Å². The number of benzene rings is 2. The van der Waals surface area contributed by atoms with Gasteiger partial charge in [0.15, 0.2) is 0 Å². The van der Waals surface area contributed by atoms with Crippen LogP contribution in [0.25, 0.3) is 0 Å². The molecule has 0 aromatic heterocycles. The lowest BCUT2D eigenvalue weighted by Gasteiger charge is -2.26. The fraction of sp³-hybridized carbons (Fsp3) is 0.278. The summed E-state index contributed by atoms with van der Waals surface area (Å²) >= 11 is 0. The highest BCUT2D eigenvalue weighted by atomic mass is 32.2. The van der Waals surface area contributed by atoms with E-state index in [9.17, 15) is 13.2 Å². The van der Waals surface area contributed by atoms with Crippen LogP contribution in [0, 0.1) is 6.92 Å². The molecule has 1 saturated heterocycles. The standard InChI is InChI=1S/C18H20N2O4S/c1-14-6-2-4-8-16(14)19-18(21)15-7-3-5-9-17(15)25(22,23)20-10-12-24-13-11-20/h2-9H,10-13H2,1H3,(H,19,21). The van der Waals surface area contributed by atoms with Crippen LogP contribution in [-0.4, -0.2) is 44.9 Å². The molecule has 2 aromatic carbocycles. The van der Waals surface area contributed by atoms with Gasteiger partial charge in [-0.25, -0.2) is 8.42 Å². The maximum atomic E-state index is 12.9. The third-order valence-electron chi connectivity index (χ3n) is 4.11. The van der Waals surface area contributed by atoms with Gasteiger partial charge >= 0.3 is 0 Å². The minimum absolute atomic E-state index is 0.0167. The van der Waals surface area contributed by atoms with Gasteiger partial charge in [0.25, 0.3) is 5.91 Å². The molecule has 6 nitrogen and oxygen atoms in total. The number of amides is 1. The largest absolute Gasteiger partial charge is 0.379 e. The molecule has 1 fully saturated rings. The Morgan fingerprint density at radius 1 is 1.04 bits per heavy atom. The van der Waals surface area contributed by atoms with Crippen molar-refractivity contribution in [2.45, 2.75) is 11.8 Å². The minimum Gasteiger partial charge on any atom is -0.379 e. The Kier molecular flexibility index (Phi) is 5.17. The molecule has 0 unspecified atom stereocenters. The molecule has 1 amide bonds. The molecule has 0 bridgehead atoms. The lowest BCUT2D eigenvalue weighted by Crippen LogP contribution is -2.41. The molecule has 2 aromatic rings. The van der Waals surface area contributed by atoms with E-state index < -0.39 is 15.9 Å². The SMILES string of the molecule is Cc1ccccc1NC(=O)c1ccccc1S(=O)(=O)N1CCOCC1. The number of sulfonamides is 1. The van der Waals surface area contributed by atoms with E-state index in [4.69, 9.17) is 4.74 Å². The zero-order valence-corrected chi connectivity index (χ0v) is 14.8. The monoisotopic (exact) mass is 360 g/mol. The van der Waals surface area contributed by atoms with Crippen molar-refractivity contribution in [2.75, 3.05) is 31.6 Å². The van der Waals surface area contributed by atoms with Crippen LogP contribution < -0.4 is 5.32 Å². The van der Waals surface area contributed by atoms with Gasteiger partial charge in [0.1, 0.15) is 0 Å². The molecule has 1 heterocycles. The van der Waals surface area contributed by atoms with Crippen LogP contribution in [0.4, 0.5) is 5.69 Å². The topological polar surface area (TPSA) is 75.7 Å². The Bertz CT molecular complexity index is 874. The van der Waals surface area contributed by atoms with Gasteiger partial charge in [-0.15, -0.1) is 0 Å². The molecule has 3 rings (SSSR count). The first kappa shape index (κ1) is 17.6. The molecule has 0 atom stereocenters. The van der Waals surface area contributed by atoms with Crippen molar-refractivity contribution in [3.8, 4) is 0 Å². The number of para-hydroxylation sites is 1. The summed E-state index contributed by atoms with van der Waals surface area (Å²) in [6.07, 6.45) is 0. The van der Waals surface area contributed by atoms with Crippen LogP contribution in [0.3, 0.4) is 0 Å². The van der Waals surface area contributed by atoms with Crippen LogP contribution in [0.15, 0.2) is 53.4 Å². The van der Waals surface area contributed by atoms with Gasteiger partial charge in [-0.05, 0) is 30.7 Å². The second-order valence-corrected chi connectivity index (χ2v) is 7.69. The van der Waals surface area contributed by atoms with Gasteiger partial charge in [-0.3, -0.25) is 4.79 Å². The molecule has 25 heavy (non-hydrogen) atoms. The minimum atomic E-state index is -3.75. The highest BCUT2D eigenvalue weighted by molar-refractivity contribution is 7.89. The Labute approximate surface area is 147 Å². The summed E-state index contributed by atoms with van der Waals surface area (Å²) in [5, 5.41) is 2.80. The number of rotatable bonds is 4. The van der Waals surface area contributed by atoms with Crippen LogP contribution in [0.5, 0.6) is 0 Å². The van der Waals surface area contributed by atoms with Gasteiger partial charge in [0.2, 0.25) is 10.0 Å². The molecule has 7 heteroatoms. The molecule has 0 spiro atoms. The van der Waals surface area contributed by atoms with E-state index in [1.165, 1.54) is 16.4 Å². The molecule has 132 valence electrons. The average Bonchev–Trinajstić information content (AvgIpc) is 2.64. The van der Waals surface area contributed by atoms with Crippen molar-refractivity contribution in [3.05, 3.63) is 59.7 Å². The Morgan fingerprint density at radius 3 is 2.40 bits per heavy atom. The Balaban J connectivity index is 1.93. The maximum absolute atomic E-state index is 12.9. The van der Waals surface area contributed by atoms with Crippen LogP contribution >= 0.6 is 0 Å². The number of carbonyl (C=O) groups excluding carboxylic acids is 1. The molecule has 0 aliphatic carbocycles. The van der Waals surface area contributed by atoms with Gasteiger partial charge in [0, 0.05) is 18.8 Å². The van der Waals surface area contributed by atoms with Crippen molar-refractivity contribution < 1.29 is 17.9 Å². The second kappa shape index (κ2) is 7.35. The summed E-state index contributed by atoms with van der Waals surface area (Å²) in [7, 11) is -3.75. The van der Waals surface area contributed by atoms with E-state index in [-0.39, 0.29) is 23.5 Å². The highest BCUT2D eigenvalue weighted by Gasteiger charge is 2.30. The zero-order valence-electron chi connectivity index (χ0n) is 13.9. The van der Waals surface area contributed by atoms with Crippen LogP contribution in [0.1, 0.15) is 15.9 Å². The molecule has 1 aliphatic heterocycles. The maximum Gasteiger partial charge on any atom is 0.257 e. The molecular formula is C18H20N2O4S. The third-order valence-corrected chi connectivity index (χ3v) is 6.07. The van der Waals surface area contributed by atoms with Crippen molar-refractivity contribution in [2.24, 2.45) is 0 Å². The van der Waals surface area contributed by atoms with E-state index in [1.54, 1.807) is 18.2 Å². The molecule has 0 radical (unpaired) electrons. The number of aryl methyl sites for hydroxylation is 1. The molecule has 1 N–H and O–H groups in total. The third kappa shape index (κ3) is 3.73. The molecule has 0 saturated carbocycles. The lowest BCUT2D eigenvalue weighted by atomic mass is 10.1. The van der Waals surface area contributed by atoms with E-state index in [1.807, 2.05) is 25.1 Å². The summed E-state index contributed by atoms with van der Waals surface area (Å²) in [5.74, 6) is -0.443. The fourth-order valence-corrected chi connectivity index (χ4v) is 4.31. The summed E-state index contributed by atoms with van der Waals surface area (Å²) in [6.45, 7) is 3.17. The summed E-state index contributed by atoms with van der Waals surface area (Å²) in [4.78, 5) is 12.7. The van der Waals surface area contributed by atoms with Crippen LogP contribution in [-0.2, 0) is 14.8 Å². The second-order valence-electron chi connectivity index (χ2n) is 5.78. The van der Waals surface area contributed by atoms with Crippen LogP contribution in [0.2, 0.25) is 0 Å². The number of nitrogens with one attached hydrogen (secondary N) is 1. The summed E-state index contributed by atoms with van der Waals surface area (Å²) in [6, 6.07) is 13.6. The molecular weight excluding hydrogens is 340 g/mol. The van der Waals surface area contributed by atoms with Gasteiger partial charge in [0.05, 0.1) is 23.7 Å². The predicted molar refractivity (Wildman–Crippen MR) is 95.2 cm³/mol. The highest BCUT2D eigenvalue weighted by Crippen LogP contribution is 2.23. The zero-order chi connectivity index (χ0) is 17.9. The first-order valence-electron chi connectivity index (χ1n) is 8.04.